The molecule has 0 N–H and O–H groups in total. The average molecular weight is 343 g/mol. The predicted molar refractivity (Wildman–Crippen MR) is 84.5 cm³/mol. The first kappa shape index (κ1) is 13.9. The first-order chi connectivity index (χ1) is 9.22. The zero-order chi connectivity index (χ0) is 13.2. The van der Waals surface area contributed by atoms with E-state index in [2.05, 4.69) is 33.0 Å². The number of benzene rings is 1. The molecule has 1 aromatic rings. The number of rotatable bonds is 2. The third-order valence-corrected chi connectivity index (χ3v) is 5.63. The van der Waals surface area contributed by atoms with Crippen LogP contribution in [0.4, 0.5) is 0 Å². The van der Waals surface area contributed by atoms with Crippen molar-refractivity contribution in [1.29, 1.82) is 0 Å². The van der Waals surface area contributed by atoms with E-state index in [1.54, 1.807) is 0 Å². The summed E-state index contributed by atoms with van der Waals surface area (Å²) in [5.74, 6) is 1.95. The second kappa shape index (κ2) is 6.15. The first-order valence-corrected chi connectivity index (χ1v) is 8.56. The molecule has 0 bridgehead atoms. The van der Waals surface area contributed by atoms with Crippen molar-refractivity contribution in [3.8, 4) is 0 Å². The van der Waals surface area contributed by atoms with Crippen LogP contribution in [0.3, 0.4) is 0 Å². The topological polar surface area (TPSA) is 3.24 Å². The lowest BCUT2D eigenvalue weighted by molar-refractivity contribution is 0.0821. The Morgan fingerprint density at radius 2 is 1.95 bits per heavy atom. The van der Waals surface area contributed by atoms with Crippen molar-refractivity contribution < 1.29 is 0 Å². The smallest absolute Gasteiger partial charge is 0.0462 e. The van der Waals surface area contributed by atoms with Gasteiger partial charge in [-0.15, -0.1) is 0 Å². The van der Waals surface area contributed by atoms with Gasteiger partial charge in [-0.1, -0.05) is 52.9 Å². The van der Waals surface area contributed by atoms with E-state index in [4.69, 9.17) is 11.6 Å². The van der Waals surface area contributed by atoms with Crippen molar-refractivity contribution in [2.24, 2.45) is 11.8 Å². The maximum atomic E-state index is 6.33. The molecular formula is C16H21BrClN. The van der Waals surface area contributed by atoms with Crippen molar-refractivity contribution in [1.82, 2.24) is 4.90 Å². The summed E-state index contributed by atoms with van der Waals surface area (Å²) in [6.45, 7) is 3.53. The van der Waals surface area contributed by atoms with Gasteiger partial charge in [0.15, 0.2) is 0 Å². The van der Waals surface area contributed by atoms with Gasteiger partial charge in [0.25, 0.3) is 0 Å². The summed E-state index contributed by atoms with van der Waals surface area (Å²) >= 11 is 9.80. The molecule has 2 atom stereocenters. The Morgan fingerprint density at radius 1 is 1.16 bits per heavy atom. The van der Waals surface area contributed by atoms with Gasteiger partial charge in [0.2, 0.25) is 0 Å². The number of fused-ring (bicyclic) bond motifs is 1. The van der Waals surface area contributed by atoms with Crippen molar-refractivity contribution in [3.63, 3.8) is 0 Å². The standard InChI is InChI=1S/C16H21BrClN/c17-15-6-5-14(16(18)9-15)11-19-8-7-12-3-1-2-4-13(12)10-19/h5-6,9,12-13H,1-4,7-8,10-11H2. The normalized spacial score (nSPS) is 28.1. The van der Waals surface area contributed by atoms with Crippen molar-refractivity contribution >= 4 is 27.5 Å². The Morgan fingerprint density at radius 3 is 2.74 bits per heavy atom. The van der Waals surface area contributed by atoms with Crippen molar-refractivity contribution in [2.75, 3.05) is 13.1 Å². The van der Waals surface area contributed by atoms with Crippen molar-refractivity contribution in [2.45, 2.75) is 38.6 Å². The molecule has 1 aliphatic heterocycles. The third kappa shape index (κ3) is 3.34. The van der Waals surface area contributed by atoms with Gasteiger partial charge in [0.05, 0.1) is 0 Å². The Balaban J connectivity index is 1.64. The fourth-order valence-corrected chi connectivity index (χ4v) is 4.44. The lowest BCUT2D eigenvalue weighted by Gasteiger charge is -2.41. The number of piperidine rings is 1. The van der Waals surface area contributed by atoms with Gasteiger partial charge in [-0.3, -0.25) is 4.90 Å². The second-order valence-corrected chi connectivity index (χ2v) is 7.39. The minimum absolute atomic E-state index is 0.889. The molecule has 1 nitrogen and oxygen atoms in total. The van der Waals surface area contributed by atoms with Gasteiger partial charge in [0, 0.05) is 22.6 Å². The van der Waals surface area contributed by atoms with Gasteiger partial charge < -0.3 is 0 Å². The van der Waals surface area contributed by atoms with E-state index in [0.29, 0.717) is 0 Å². The Kier molecular flexibility index (Phi) is 4.51. The molecule has 0 aromatic heterocycles. The van der Waals surface area contributed by atoms with E-state index in [1.165, 1.54) is 50.8 Å². The third-order valence-electron chi connectivity index (χ3n) is 4.78. The van der Waals surface area contributed by atoms with Crippen LogP contribution < -0.4 is 0 Å². The summed E-state index contributed by atoms with van der Waals surface area (Å²) < 4.78 is 1.06. The molecule has 2 unspecified atom stereocenters. The van der Waals surface area contributed by atoms with Gasteiger partial charge in [-0.25, -0.2) is 0 Å². The van der Waals surface area contributed by atoms with E-state index >= 15 is 0 Å². The molecule has 1 aliphatic carbocycles. The predicted octanol–water partition coefficient (Wildman–Crippen LogP) is 5.11. The highest BCUT2D eigenvalue weighted by atomic mass is 79.9. The molecule has 1 saturated carbocycles. The SMILES string of the molecule is Clc1cc(Br)ccc1CN1CCC2CCCCC2C1. The molecular weight excluding hydrogens is 322 g/mol. The molecule has 0 radical (unpaired) electrons. The molecule has 2 aliphatic rings. The summed E-state index contributed by atoms with van der Waals surface area (Å²) in [7, 11) is 0. The van der Waals surface area contributed by atoms with E-state index in [9.17, 15) is 0 Å². The summed E-state index contributed by atoms with van der Waals surface area (Å²) in [5, 5.41) is 0.889. The number of hydrogen-bond acceptors (Lipinski definition) is 1. The minimum Gasteiger partial charge on any atom is -0.299 e. The average Bonchev–Trinajstić information content (AvgIpc) is 2.42. The monoisotopic (exact) mass is 341 g/mol. The molecule has 1 heterocycles. The molecule has 2 fully saturated rings. The van der Waals surface area contributed by atoms with Crippen LogP contribution in [0.5, 0.6) is 0 Å². The van der Waals surface area contributed by atoms with Crippen LogP contribution in [-0.4, -0.2) is 18.0 Å². The van der Waals surface area contributed by atoms with E-state index in [0.717, 1.165) is 27.9 Å². The summed E-state index contributed by atoms with van der Waals surface area (Å²) in [4.78, 5) is 2.60. The minimum atomic E-state index is 0.889. The highest BCUT2D eigenvalue weighted by Crippen LogP contribution is 2.36. The Bertz CT molecular complexity index is 448. The molecule has 1 aromatic carbocycles. The molecule has 104 valence electrons. The molecule has 3 heteroatoms. The molecule has 3 rings (SSSR count). The lowest BCUT2D eigenvalue weighted by Crippen LogP contribution is -2.41. The molecule has 19 heavy (non-hydrogen) atoms. The number of hydrogen-bond donors (Lipinski definition) is 0. The highest BCUT2D eigenvalue weighted by Gasteiger charge is 2.30. The van der Waals surface area contributed by atoms with Gasteiger partial charge in [0.1, 0.15) is 0 Å². The fourth-order valence-electron chi connectivity index (χ4n) is 3.71. The van der Waals surface area contributed by atoms with Gasteiger partial charge >= 0.3 is 0 Å². The molecule has 0 spiro atoms. The van der Waals surface area contributed by atoms with Gasteiger partial charge in [-0.2, -0.15) is 0 Å². The van der Waals surface area contributed by atoms with Crippen LogP contribution in [0.15, 0.2) is 22.7 Å². The van der Waals surface area contributed by atoms with Crippen LogP contribution in [-0.2, 0) is 6.54 Å². The van der Waals surface area contributed by atoms with Crippen LogP contribution in [0.2, 0.25) is 5.02 Å². The van der Waals surface area contributed by atoms with E-state index < -0.39 is 0 Å². The largest absolute Gasteiger partial charge is 0.299 e. The maximum Gasteiger partial charge on any atom is 0.0462 e. The molecule has 1 saturated heterocycles. The van der Waals surface area contributed by atoms with Crippen LogP contribution in [0.25, 0.3) is 0 Å². The van der Waals surface area contributed by atoms with E-state index in [1.807, 2.05) is 6.07 Å². The second-order valence-electron chi connectivity index (χ2n) is 6.06. The number of nitrogens with zero attached hydrogens (tertiary/aromatic N) is 1. The van der Waals surface area contributed by atoms with E-state index in [-0.39, 0.29) is 0 Å². The lowest BCUT2D eigenvalue weighted by atomic mass is 9.75. The number of halogens is 2. The van der Waals surface area contributed by atoms with Crippen molar-refractivity contribution in [3.05, 3.63) is 33.3 Å². The van der Waals surface area contributed by atoms with Gasteiger partial charge in [-0.05, 0) is 48.9 Å². The zero-order valence-electron chi connectivity index (χ0n) is 11.2. The summed E-state index contributed by atoms with van der Waals surface area (Å²) in [6, 6.07) is 6.25. The quantitative estimate of drug-likeness (QED) is 0.721. The number of likely N-dealkylation sites (tertiary alicyclic amines) is 1. The summed E-state index contributed by atoms with van der Waals surface area (Å²) in [6.07, 6.45) is 7.19. The Labute approximate surface area is 129 Å². The van der Waals surface area contributed by atoms with Crippen LogP contribution >= 0.6 is 27.5 Å². The zero-order valence-corrected chi connectivity index (χ0v) is 13.6. The summed E-state index contributed by atoms with van der Waals surface area (Å²) in [5.41, 5.74) is 1.26. The van der Waals surface area contributed by atoms with Crippen LogP contribution in [0, 0.1) is 11.8 Å². The van der Waals surface area contributed by atoms with Crippen LogP contribution in [0.1, 0.15) is 37.7 Å². The highest BCUT2D eigenvalue weighted by molar-refractivity contribution is 9.10. The first-order valence-electron chi connectivity index (χ1n) is 7.38. The maximum absolute atomic E-state index is 6.33. The fraction of sp³-hybridized carbons (Fsp3) is 0.625. The Hall–Kier alpha value is -0.0500. The molecule has 0 amide bonds.